The van der Waals surface area contributed by atoms with Crippen LogP contribution in [0, 0.1) is 5.92 Å². The molecule has 4 heteroatoms. The third kappa shape index (κ3) is 3.06. The molecule has 0 aliphatic carbocycles. The standard InChI is InChI=1S/C9H12NO2S/c1-6(2)4-10-9(12)8-3-7(11)5-13-8/h3,5-6H,4H2,1-2H3,(H,10,12). The van der Waals surface area contributed by atoms with E-state index in [-0.39, 0.29) is 11.7 Å². The molecule has 0 unspecified atom stereocenters. The predicted molar refractivity (Wildman–Crippen MR) is 51.6 cm³/mol. The van der Waals surface area contributed by atoms with E-state index < -0.39 is 0 Å². The minimum Gasteiger partial charge on any atom is -0.351 e. The van der Waals surface area contributed by atoms with Crippen LogP contribution < -0.4 is 5.32 Å². The van der Waals surface area contributed by atoms with Crippen LogP contribution in [0.4, 0.5) is 0 Å². The molecule has 0 bridgehead atoms. The summed E-state index contributed by atoms with van der Waals surface area (Å²) >= 11 is 1.18. The highest BCUT2D eigenvalue weighted by Crippen LogP contribution is 2.20. The summed E-state index contributed by atoms with van der Waals surface area (Å²) in [5.41, 5.74) is 0. The highest BCUT2D eigenvalue weighted by atomic mass is 32.1. The molecule has 0 saturated heterocycles. The number of carbonyl (C=O) groups excluding carboxylic acids is 1. The summed E-state index contributed by atoms with van der Waals surface area (Å²) in [7, 11) is 0. The van der Waals surface area contributed by atoms with Crippen LogP contribution in [-0.2, 0) is 5.11 Å². The first kappa shape index (κ1) is 10.1. The lowest BCUT2D eigenvalue weighted by atomic mass is 10.2. The molecule has 3 nitrogen and oxygen atoms in total. The van der Waals surface area contributed by atoms with Gasteiger partial charge in [-0.2, -0.15) is 0 Å². The van der Waals surface area contributed by atoms with Gasteiger partial charge in [0.05, 0.1) is 4.88 Å². The Morgan fingerprint density at radius 1 is 1.62 bits per heavy atom. The van der Waals surface area contributed by atoms with Crippen LogP contribution in [0.1, 0.15) is 23.5 Å². The molecule has 1 heterocycles. The fraction of sp³-hybridized carbons (Fsp3) is 0.444. The molecule has 1 aromatic heterocycles. The van der Waals surface area contributed by atoms with E-state index in [0.29, 0.717) is 17.3 Å². The Labute approximate surface area is 81.4 Å². The quantitative estimate of drug-likeness (QED) is 0.795. The molecule has 0 atom stereocenters. The van der Waals surface area contributed by atoms with Crippen LogP contribution in [-0.4, -0.2) is 12.5 Å². The van der Waals surface area contributed by atoms with Crippen LogP contribution in [0.2, 0.25) is 0 Å². The predicted octanol–water partition coefficient (Wildman–Crippen LogP) is 2.28. The molecule has 1 rings (SSSR count). The van der Waals surface area contributed by atoms with E-state index in [0.717, 1.165) is 0 Å². The van der Waals surface area contributed by atoms with Crippen LogP contribution >= 0.6 is 11.3 Å². The lowest BCUT2D eigenvalue weighted by Gasteiger charge is -2.05. The Bertz CT molecular complexity index is 294. The van der Waals surface area contributed by atoms with E-state index in [1.807, 2.05) is 13.8 Å². The molecule has 0 spiro atoms. The van der Waals surface area contributed by atoms with Crippen molar-refractivity contribution in [3.05, 3.63) is 16.3 Å². The molecular formula is C9H12NO2S. The van der Waals surface area contributed by atoms with Crippen molar-refractivity contribution in [1.29, 1.82) is 0 Å². The average Bonchev–Trinajstić information content (AvgIpc) is 2.47. The lowest BCUT2D eigenvalue weighted by molar-refractivity contribution is 0.0952. The van der Waals surface area contributed by atoms with Gasteiger partial charge in [-0.3, -0.25) is 9.90 Å². The monoisotopic (exact) mass is 198 g/mol. The second kappa shape index (κ2) is 4.28. The summed E-state index contributed by atoms with van der Waals surface area (Å²) in [5.74, 6) is 0.177. The van der Waals surface area contributed by atoms with E-state index in [2.05, 4.69) is 5.32 Å². The summed E-state index contributed by atoms with van der Waals surface area (Å²) in [5, 5.41) is 14.9. The minimum atomic E-state index is -0.152. The Balaban J connectivity index is 2.49. The van der Waals surface area contributed by atoms with E-state index in [9.17, 15) is 9.90 Å². The summed E-state index contributed by atoms with van der Waals surface area (Å²) in [6, 6.07) is 1.36. The van der Waals surface area contributed by atoms with Crippen molar-refractivity contribution in [3.63, 3.8) is 0 Å². The SMILES string of the molecule is CC(C)CNC(=O)c1cc([O])cs1. The molecule has 0 aliphatic rings. The van der Waals surface area contributed by atoms with Crippen molar-refractivity contribution in [2.75, 3.05) is 6.54 Å². The number of thiophene rings is 1. The van der Waals surface area contributed by atoms with Crippen LogP contribution in [0.25, 0.3) is 0 Å². The second-order valence-corrected chi connectivity index (χ2v) is 4.16. The Hall–Kier alpha value is -1.03. The third-order valence-electron chi connectivity index (χ3n) is 1.47. The Kier molecular flexibility index (Phi) is 3.31. The molecular weight excluding hydrogens is 186 g/mol. The third-order valence-corrected chi connectivity index (χ3v) is 2.38. The van der Waals surface area contributed by atoms with Gasteiger partial charge in [-0.1, -0.05) is 13.8 Å². The molecule has 0 saturated carbocycles. The van der Waals surface area contributed by atoms with Gasteiger partial charge in [-0.25, -0.2) is 0 Å². The van der Waals surface area contributed by atoms with E-state index in [1.54, 1.807) is 0 Å². The van der Waals surface area contributed by atoms with Gasteiger partial charge in [0, 0.05) is 18.0 Å². The first-order valence-electron chi connectivity index (χ1n) is 4.13. The number of hydrogen-bond donors (Lipinski definition) is 1. The average molecular weight is 198 g/mol. The van der Waals surface area contributed by atoms with Gasteiger partial charge < -0.3 is 5.32 Å². The molecule has 13 heavy (non-hydrogen) atoms. The van der Waals surface area contributed by atoms with Gasteiger partial charge >= 0.3 is 0 Å². The zero-order chi connectivity index (χ0) is 9.84. The fourth-order valence-electron chi connectivity index (χ4n) is 0.822. The Morgan fingerprint density at radius 2 is 2.31 bits per heavy atom. The molecule has 1 aromatic rings. The molecule has 0 aliphatic heterocycles. The van der Waals surface area contributed by atoms with E-state index in [4.69, 9.17) is 0 Å². The molecule has 71 valence electrons. The van der Waals surface area contributed by atoms with E-state index in [1.165, 1.54) is 22.8 Å². The maximum absolute atomic E-state index is 11.3. The second-order valence-electron chi connectivity index (χ2n) is 3.25. The number of amides is 1. The van der Waals surface area contributed by atoms with Gasteiger partial charge in [0.15, 0.2) is 5.75 Å². The number of carbonyl (C=O) groups is 1. The molecule has 0 aromatic carbocycles. The smallest absolute Gasteiger partial charge is 0.261 e. The van der Waals surface area contributed by atoms with Crippen LogP contribution in [0.3, 0.4) is 0 Å². The van der Waals surface area contributed by atoms with Crippen molar-refractivity contribution >= 4 is 17.2 Å². The van der Waals surface area contributed by atoms with Gasteiger partial charge in [-0.15, -0.1) is 11.3 Å². The normalized spacial score (nSPS) is 10.4. The number of nitrogens with one attached hydrogen (secondary N) is 1. The van der Waals surface area contributed by atoms with Crippen molar-refractivity contribution in [2.45, 2.75) is 13.8 Å². The minimum absolute atomic E-state index is 0.0975. The zero-order valence-corrected chi connectivity index (χ0v) is 8.48. The first-order valence-corrected chi connectivity index (χ1v) is 5.01. The number of hydrogen-bond acceptors (Lipinski definition) is 2. The van der Waals surface area contributed by atoms with Crippen molar-refractivity contribution in [3.8, 4) is 5.75 Å². The summed E-state index contributed by atoms with van der Waals surface area (Å²) < 4.78 is 0. The van der Waals surface area contributed by atoms with Gasteiger partial charge in [0.25, 0.3) is 5.91 Å². The fourth-order valence-corrected chi connectivity index (χ4v) is 1.50. The molecule has 0 fully saturated rings. The molecule has 1 N–H and O–H groups in total. The van der Waals surface area contributed by atoms with Crippen LogP contribution in [0.15, 0.2) is 11.4 Å². The van der Waals surface area contributed by atoms with E-state index >= 15 is 0 Å². The van der Waals surface area contributed by atoms with Gasteiger partial charge in [0.2, 0.25) is 0 Å². The number of rotatable bonds is 3. The van der Waals surface area contributed by atoms with Crippen molar-refractivity contribution < 1.29 is 9.90 Å². The maximum atomic E-state index is 11.3. The van der Waals surface area contributed by atoms with Crippen LogP contribution in [0.5, 0.6) is 5.75 Å². The lowest BCUT2D eigenvalue weighted by Crippen LogP contribution is -2.26. The molecule has 1 radical (unpaired) electrons. The van der Waals surface area contributed by atoms with Gasteiger partial charge in [0.1, 0.15) is 0 Å². The highest BCUT2D eigenvalue weighted by Gasteiger charge is 2.09. The highest BCUT2D eigenvalue weighted by molar-refractivity contribution is 7.12. The first-order chi connectivity index (χ1) is 6.09. The van der Waals surface area contributed by atoms with Gasteiger partial charge in [-0.05, 0) is 5.92 Å². The zero-order valence-electron chi connectivity index (χ0n) is 7.66. The topological polar surface area (TPSA) is 49.0 Å². The summed E-state index contributed by atoms with van der Waals surface area (Å²) in [6.07, 6.45) is 0. The largest absolute Gasteiger partial charge is 0.351 e. The van der Waals surface area contributed by atoms with Crippen molar-refractivity contribution in [2.24, 2.45) is 5.92 Å². The Morgan fingerprint density at radius 3 is 2.77 bits per heavy atom. The van der Waals surface area contributed by atoms with Crippen molar-refractivity contribution in [1.82, 2.24) is 5.32 Å². The summed E-state index contributed by atoms with van der Waals surface area (Å²) in [4.78, 5) is 11.8. The summed E-state index contributed by atoms with van der Waals surface area (Å²) in [6.45, 7) is 4.69. The molecule has 1 amide bonds. The maximum Gasteiger partial charge on any atom is 0.261 e.